The van der Waals surface area contributed by atoms with Crippen LogP contribution in [0, 0.1) is 6.92 Å². The maximum absolute atomic E-state index is 10.4. The molecule has 3 heteroatoms. The number of aryl methyl sites for hydroxylation is 2. The summed E-state index contributed by atoms with van der Waals surface area (Å²) in [7, 11) is 0. The van der Waals surface area contributed by atoms with E-state index in [0.717, 1.165) is 35.2 Å². The summed E-state index contributed by atoms with van der Waals surface area (Å²) in [5.41, 5.74) is 6.82. The van der Waals surface area contributed by atoms with Gasteiger partial charge in [0.1, 0.15) is 11.9 Å². The van der Waals surface area contributed by atoms with E-state index in [4.69, 9.17) is 4.99 Å². The van der Waals surface area contributed by atoms with Crippen LogP contribution in [0.15, 0.2) is 77.8 Å². The second-order valence-electron chi connectivity index (χ2n) is 7.42. The number of nitrogens with zero attached hydrogens (tertiary/aromatic N) is 1. The highest BCUT2D eigenvalue weighted by Crippen LogP contribution is 2.34. The van der Waals surface area contributed by atoms with Crippen LogP contribution in [-0.2, 0) is 6.42 Å². The number of benzene rings is 3. The summed E-state index contributed by atoms with van der Waals surface area (Å²) >= 11 is 0. The average Bonchev–Trinajstić information content (AvgIpc) is 2.74. The van der Waals surface area contributed by atoms with Crippen LogP contribution in [0.1, 0.15) is 53.4 Å². The first kappa shape index (κ1) is 18.5. The lowest BCUT2D eigenvalue weighted by molar-refractivity contribution is 0.412. The lowest BCUT2D eigenvalue weighted by atomic mass is 9.93. The van der Waals surface area contributed by atoms with Crippen molar-refractivity contribution in [1.29, 1.82) is 0 Å². The molecule has 2 unspecified atom stereocenters. The van der Waals surface area contributed by atoms with Gasteiger partial charge < -0.3 is 5.11 Å². The topological polar surface area (TPSA) is 44.6 Å². The Morgan fingerprint density at radius 1 is 0.964 bits per heavy atom. The van der Waals surface area contributed by atoms with Gasteiger partial charge in [-0.3, -0.25) is 10.3 Å². The number of para-hydroxylation sites is 1. The zero-order valence-electron chi connectivity index (χ0n) is 16.4. The number of hydrogen-bond donors (Lipinski definition) is 2. The minimum Gasteiger partial charge on any atom is -0.508 e. The third-order valence-corrected chi connectivity index (χ3v) is 5.44. The van der Waals surface area contributed by atoms with Gasteiger partial charge in [-0.2, -0.15) is 0 Å². The number of aliphatic imine (C=N–C) groups is 1. The van der Waals surface area contributed by atoms with Crippen molar-refractivity contribution in [3.63, 3.8) is 0 Å². The molecule has 0 amide bonds. The molecule has 3 aromatic carbocycles. The van der Waals surface area contributed by atoms with Crippen molar-refractivity contribution in [3.8, 4) is 5.75 Å². The first-order valence-corrected chi connectivity index (χ1v) is 9.90. The van der Waals surface area contributed by atoms with Crippen molar-refractivity contribution in [2.75, 3.05) is 0 Å². The monoisotopic (exact) mass is 370 g/mol. The van der Waals surface area contributed by atoms with Gasteiger partial charge in [0.2, 0.25) is 0 Å². The Balaban J connectivity index is 1.73. The number of hydrogen-bond acceptors (Lipinski definition) is 3. The van der Waals surface area contributed by atoms with Crippen LogP contribution in [-0.4, -0.2) is 10.8 Å². The summed E-state index contributed by atoms with van der Waals surface area (Å²) in [5.74, 6) is 0.324. The molecular formula is C25H26N2O. The zero-order chi connectivity index (χ0) is 19.5. The van der Waals surface area contributed by atoms with Crippen LogP contribution in [0.25, 0.3) is 0 Å². The molecule has 1 heterocycles. The van der Waals surface area contributed by atoms with E-state index < -0.39 is 0 Å². The highest BCUT2D eigenvalue weighted by Gasteiger charge is 2.27. The van der Waals surface area contributed by atoms with Crippen molar-refractivity contribution in [3.05, 3.63) is 101 Å². The second-order valence-corrected chi connectivity index (χ2v) is 7.42. The molecule has 4 rings (SSSR count). The fourth-order valence-corrected chi connectivity index (χ4v) is 3.72. The fourth-order valence-electron chi connectivity index (χ4n) is 3.72. The van der Waals surface area contributed by atoms with Crippen LogP contribution < -0.4 is 5.32 Å². The number of aromatic hydroxyl groups is 1. The van der Waals surface area contributed by atoms with Gasteiger partial charge in [-0.1, -0.05) is 79.2 Å². The predicted octanol–water partition coefficient (Wildman–Crippen LogP) is 5.49. The molecule has 0 radical (unpaired) electrons. The van der Waals surface area contributed by atoms with Gasteiger partial charge >= 0.3 is 0 Å². The molecule has 3 nitrogen and oxygen atoms in total. The highest BCUT2D eigenvalue weighted by molar-refractivity contribution is 6.01. The number of nitrogens with one attached hydrogen (secondary N) is 1. The van der Waals surface area contributed by atoms with Gasteiger partial charge in [0.15, 0.2) is 0 Å². The SMILES string of the molecule is CCc1ccc(C2=NC(c3ccc(C)cc3)NC(c3ccccc3O)C2)cc1. The standard InChI is InChI=1S/C25H26N2O/c1-3-18-10-14-19(15-11-18)22-16-23(21-6-4-5-7-24(21)28)27-25(26-22)20-12-8-17(2)9-13-20/h4-15,23,25,27-28H,3,16H2,1-2H3. The Morgan fingerprint density at radius 2 is 1.68 bits per heavy atom. The summed E-state index contributed by atoms with van der Waals surface area (Å²) in [6, 6.07) is 24.7. The molecule has 0 saturated carbocycles. The van der Waals surface area contributed by atoms with Crippen LogP contribution in [0.3, 0.4) is 0 Å². The normalized spacial score (nSPS) is 19.3. The number of phenolic OH excluding ortho intramolecular Hbond substituents is 1. The number of phenols is 1. The highest BCUT2D eigenvalue weighted by atomic mass is 16.3. The van der Waals surface area contributed by atoms with Crippen molar-refractivity contribution in [2.24, 2.45) is 4.99 Å². The summed E-state index contributed by atoms with van der Waals surface area (Å²) in [6.45, 7) is 4.26. The van der Waals surface area contributed by atoms with Crippen LogP contribution in [0.4, 0.5) is 0 Å². The third kappa shape index (κ3) is 3.85. The first-order valence-electron chi connectivity index (χ1n) is 9.90. The van der Waals surface area contributed by atoms with Crippen molar-refractivity contribution >= 4 is 5.71 Å². The van der Waals surface area contributed by atoms with E-state index in [1.807, 2.05) is 18.2 Å². The van der Waals surface area contributed by atoms with E-state index in [-0.39, 0.29) is 12.2 Å². The number of rotatable bonds is 4. The molecule has 0 fully saturated rings. The van der Waals surface area contributed by atoms with Crippen molar-refractivity contribution < 1.29 is 5.11 Å². The van der Waals surface area contributed by atoms with Crippen LogP contribution in [0.2, 0.25) is 0 Å². The lowest BCUT2D eigenvalue weighted by Gasteiger charge is -2.31. The Morgan fingerprint density at radius 3 is 2.36 bits per heavy atom. The molecule has 2 atom stereocenters. The molecule has 2 N–H and O–H groups in total. The molecule has 0 spiro atoms. The first-order chi connectivity index (χ1) is 13.6. The van der Waals surface area contributed by atoms with E-state index >= 15 is 0 Å². The molecule has 0 aliphatic carbocycles. The molecule has 3 aromatic rings. The van der Waals surface area contributed by atoms with Gasteiger partial charge in [-0.15, -0.1) is 0 Å². The zero-order valence-corrected chi connectivity index (χ0v) is 16.4. The Kier molecular flexibility index (Phi) is 5.27. The maximum Gasteiger partial charge on any atom is 0.126 e. The van der Waals surface area contributed by atoms with E-state index in [0.29, 0.717) is 5.75 Å². The summed E-state index contributed by atoms with van der Waals surface area (Å²) < 4.78 is 0. The molecule has 142 valence electrons. The molecule has 0 aromatic heterocycles. The van der Waals surface area contributed by atoms with E-state index in [2.05, 4.69) is 67.7 Å². The predicted molar refractivity (Wildman–Crippen MR) is 115 cm³/mol. The summed E-state index contributed by atoms with van der Waals surface area (Å²) in [6.07, 6.45) is 1.63. The smallest absolute Gasteiger partial charge is 0.126 e. The van der Waals surface area contributed by atoms with E-state index in [1.165, 1.54) is 11.1 Å². The van der Waals surface area contributed by atoms with E-state index in [9.17, 15) is 5.11 Å². The van der Waals surface area contributed by atoms with Gasteiger partial charge in [0, 0.05) is 23.7 Å². The lowest BCUT2D eigenvalue weighted by Crippen LogP contribution is -2.33. The largest absolute Gasteiger partial charge is 0.508 e. The molecule has 28 heavy (non-hydrogen) atoms. The van der Waals surface area contributed by atoms with Crippen LogP contribution >= 0.6 is 0 Å². The third-order valence-electron chi connectivity index (χ3n) is 5.44. The molecule has 1 aliphatic rings. The fraction of sp³-hybridized carbons (Fsp3) is 0.240. The van der Waals surface area contributed by atoms with Gasteiger partial charge in [0.05, 0.1) is 0 Å². The van der Waals surface area contributed by atoms with Crippen LogP contribution in [0.5, 0.6) is 5.75 Å². The maximum atomic E-state index is 10.4. The van der Waals surface area contributed by atoms with Crippen molar-refractivity contribution in [1.82, 2.24) is 5.32 Å². The average molecular weight is 370 g/mol. The van der Waals surface area contributed by atoms with Gasteiger partial charge in [-0.05, 0) is 36.1 Å². The van der Waals surface area contributed by atoms with Gasteiger partial charge in [-0.25, -0.2) is 0 Å². The minimum atomic E-state index is -0.139. The molecule has 1 aliphatic heterocycles. The quantitative estimate of drug-likeness (QED) is 0.638. The molecule has 0 bridgehead atoms. The second kappa shape index (κ2) is 7.99. The Bertz CT molecular complexity index is 974. The minimum absolute atomic E-state index is 0.00542. The molecule has 0 saturated heterocycles. The summed E-state index contributed by atoms with van der Waals surface area (Å²) in [4.78, 5) is 5.04. The van der Waals surface area contributed by atoms with E-state index in [1.54, 1.807) is 6.07 Å². The Hall–Kier alpha value is -2.91. The molecular weight excluding hydrogens is 344 g/mol. The summed E-state index contributed by atoms with van der Waals surface area (Å²) in [5, 5.41) is 14.0. The van der Waals surface area contributed by atoms with Gasteiger partial charge in [0.25, 0.3) is 0 Å². The van der Waals surface area contributed by atoms with Crippen molar-refractivity contribution in [2.45, 2.75) is 38.9 Å². The Labute approximate surface area is 166 Å².